The zero-order chi connectivity index (χ0) is 18.6. The lowest BCUT2D eigenvalue weighted by molar-refractivity contribution is -0.123. The predicted molar refractivity (Wildman–Crippen MR) is 98.5 cm³/mol. The molecule has 1 aliphatic carbocycles. The highest BCUT2D eigenvalue weighted by atomic mass is 19.1. The van der Waals surface area contributed by atoms with E-state index in [0.29, 0.717) is 24.4 Å². The van der Waals surface area contributed by atoms with Gasteiger partial charge in [-0.05, 0) is 63.0 Å². The molecule has 0 atom stereocenters. The molecule has 2 fully saturated rings. The van der Waals surface area contributed by atoms with Crippen LogP contribution in [-0.4, -0.2) is 46.7 Å². The van der Waals surface area contributed by atoms with Crippen molar-refractivity contribution in [3.05, 3.63) is 36.0 Å². The lowest BCUT2D eigenvalue weighted by Gasteiger charge is -2.30. The van der Waals surface area contributed by atoms with Crippen LogP contribution in [0.25, 0.3) is 11.5 Å². The van der Waals surface area contributed by atoms with Crippen LogP contribution in [0.1, 0.15) is 50.3 Å². The number of hydrogen-bond acceptors (Lipinski definition) is 5. The highest BCUT2D eigenvalue weighted by Gasteiger charge is 2.27. The Hall–Kier alpha value is -2.28. The lowest BCUT2D eigenvalue weighted by atomic mass is 9.97. The molecule has 1 amide bonds. The SMILES string of the molecule is O=C(CN1CCC(c2nnc(-c3ccc(F)cc3)o2)CC1)NC1CCCC1. The van der Waals surface area contributed by atoms with Crippen molar-refractivity contribution in [1.82, 2.24) is 20.4 Å². The van der Waals surface area contributed by atoms with E-state index in [1.54, 1.807) is 12.1 Å². The smallest absolute Gasteiger partial charge is 0.247 e. The fourth-order valence-electron chi connectivity index (χ4n) is 3.99. The molecule has 1 aromatic carbocycles. The fourth-order valence-corrected chi connectivity index (χ4v) is 3.99. The minimum absolute atomic E-state index is 0.136. The molecule has 1 aromatic heterocycles. The second-order valence-corrected chi connectivity index (χ2v) is 7.55. The Morgan fingerprint density at radius 1 is 1.11 bits per heavy atom. The van der Waals surface area contributed by atoms with E-state index in [0.717, 1.165) is 44.3 Å². The van der Waals surface area contributed by atoms with E-state index < -0.39 is 0 Å². The first-order valence-electron chi connectivity index (χ1n) is 9.78. The number of aromatic nitrogens is 2. The molecule has 144 valence electrons. The number of amides is 1. The van der Waals surface area contributed by atoms with Crippen molar-refractivity contribution in [3.63, 3.8) is 0 Å². The zero-order valence-electron chi connectivity index (χ0n) is 15.4. The zero-order valence-corrected chi connectivity index (χ0v) is 15.4. The average Bonchev–Trinajstić information content (AvgIpc) is 3.35. The number of nitrogens with one attached hydrogen (secondary N) is 1. The first-order chi connectivity index (χ1) is 13.2. The van der Waals surface area contributed by atoms with Gasteiger partial charge in [0.1, 0.15) is 5.82 Å². The summed E-state index contributed by atoms with van der Waals surface area (Å²) in [4.78, 5) is 14.4. The van der Waals surface area contributed by atoms with Crippen LogP contribution >= 0.6 is 0 Å². The molecule has 27 heavy (non-hydrogen) atoms. The van der Waals surface area contributed by atoms with Crippen LogP contribution in [0.5, 0.6) is 0 Å². The molecule has 1 saturated heterocycles. The van der Waals surface area contributed by atoms with Crippen LogP contribution in [0.4, 0.5) is 4.39 Å². The van der Waals surface area contributed by atoms with Crippen molar-refractivity contribution >= 4 is 5.91 Å². The third-order valence-electron chi connectivity index (χ3n) is 5.56. The Morgan fingerprint density at radius 2 is 1.81 bits per heavy atom. The maximum atomic E-state index is 13.0. The van der Waals surface area contributed by atoms with Gasteiger partial charge in [-0.3, -0.25) is 9.69 Å². The van der Waals surface area contributed by atoms with Gasteiger partial charge in [0.15, 0.2) is 0 Å². The van der Waals surface area contributed by atoms with Crippen molar-refractivity contribution in [3.8, 4) is 11.5 Å². The van der Waals surface area contributed by atoms with Crippen LogP contribution in [-0.2, 0) is 4.79 Å². The summed E-state index contributed by atoms with van der Waals surface area (Å²) < 4.78 is 18.9. The van der Waals surface area contributed by atoms with Gasteiger partial charge >= 0.3 is 0 Å². The average molecular weight is 372 g/mol. The van der Waals surface area contributed by atoms with Crippen molar-refractivity contribution in [2.24, 2.45) is 0 Å². The van der Waals surface area contributed by atoms with E-state index in [4.69, 9.17) is 4.42 Å². The van der Waals surface area contributed by atoms with E-state index in [1.165, 1.54) is 25.0 Å². The molecule has 0 spiro atoms. The maximum Gasteiger partial charge on any atom is 0.247 e. The van der Waals surface area contributed by atoms with Gasteiger partial charge in [-0.25, -0.2) is 4.39 Å². The van der Waals surface area contributed by atoms with Gasteiger partial charge in [-0.15, -0.1) is 10.2 Å². The Kier molecular flexibility index (Phi) is 5.48. The van der Waals surface area contributed by atoms with E-state index in [1.807, 2.05) is 0 Å². The van der Waals surface area contributed by atoms with Crippen LogP contribution in [0.15, 0.2) is 28.7 Å². The first-order valence-corrected chi connectivity index (χ1v) is 9.78. The standard InChI is InChI=1S/C20H25FN4O2/c21-16-7-5-14(6-8-16)19-23-24-20(27-19)15-9-11-25(12-10-15)13-18(26)22-17-3-1-2-4-17/h5-8,15,17H,1-4,9-13H2,(H,22,26). The molecule has 2 aliphatic rings. The quantitative estimate of drug-likeness (QED) is 0.873. The van der Waals surface area contributed by atoms with Gasteiger partial charge < -0.3 is 9.73 Å². The van der Waals surface area contributed by atoms with Crippen molar-refractivity contribution < 1.29 is 13.6 Å². The summed E-state index contributed by atoms with van der Waals surface area (Å²) >= 11 is 0. The molecule has 2 aromatic rings. The fraction of sp³-hybridized carbons (Fsp3) is 0.550. The third kappa shape index (κ3) is 4.53. The van der Waals surface area contributed by atoms with Gasteiger partial charge in [0, 0.05) is 17.5 Å². The van der Waals surface area contributed by atoms with E-state index in [2.05, 4.69) is 20.4 Å². The molecule has 1 N–H and O–H groups in total. The van der Waals surface area contributed by atoms with Crippen LogP contribution in [0, 0.1) is 5.82 Å². The summed E-state index contributed by atoms with van der Waals surface area (Å²) in [5, 5.41) is 11.4. The minimum Gasteiger partial charge on any atom is -0.420 e. The van der Waals surface area contributed by atoms with Crippen molar-refractivity contribution in [1.29, 1.82) is 0 Å². The maximum absolute atomic E-state index is 13.0. The predicted octanol–water partition coefficient (Wildman–Crippen LogP) is 3.11. The van der Waals surface area contributed by atoms with Gasteiger partial charge in [-0.1, -0.05) is 12.8 Å². The summed E-state index contributed by atoms with van der Waals surface area (Å²) in [5.41, 5.74) is 0.719. The molecule has 0 unspecified atom stereocenters. The Balaban J connectivity index is 1.28. The summed E-state index contributed by atoms with van der Waals surface area (Å²) in [6.07, 6.45) is 6.45. The number of likely N-dealkylation sites (tertiary alicyclic amines) is 1. The molecule has 1 saturated carbocycles. The highest BCUT2D eigenvalue weighted by molar-refractivity contribution is 5.78. The summed E-state index contributed by atoms with van der Waals surface area (Å²) in [5.74, 6) is 1.10. The van der Waals surface area contributed by atoms with Gasteiger partial charge in [-0.2, -0.15) is 0 Å². The largest absolute Gasteiger partial charge is 0.420 e. The van der Waals surface area contributed by atoms with Crippen LogP contribution in [0.2, 0.25) is 0 Å². The number of halogens is 1. The Morgan fingerprint density at radius 3 is 2.52 bits per heavy atom. The molecule has 7 heteroatoms. The summed E-state index contributed by atoms with van der Waals surface area (Å²) in [6, 6.07) is 6.41. The third-order valence-corrected chi connectivity index (χ3v) is 5.56. The molecule has 0 radical (unpaired) electrons. The monoisotopic (exact) mass is 372 g/mol. The normalized spacial score (nSPS) is 19.4. The van der Waals surface area contributed by atoms with Crippen molar-refractivity contribution in [2.75, 3.05) is 19.6 Å². The molecular weight excluding hydrogens is 347 g/mol. The molecule has 2 heterocycles. The number of carbonyl (C=O) groups is 1. The second-order valence-electron chi connectivity index (χ2n) is 7.55. The molecule has 6 nitrogen and oxygen atoms in total. The summed E-state index contributed by atoms with van der Waals surface area (Å²) in [7, 11) is 0. The molecule has 1 aliphatic heterocycles. The lowest BCUT2D eigenvalue weighted by Crippen LogP contribution is -2.43. The van der Waals surface area contributed by atoms with E-state index in [-0.39, 0.29) is 17.6 Å². The topological polar surface area (TPSA) is 71.3 Å². The summed E-state index contributed by atoms with van der Waals surface area (Å²) in [6.45, 7) is 2.15. The van der Waals surface area contributed by atoms with E-state index in [9.17, 15) is 9.18 Å². The van der Waals surface area contributed by atoms with Crippen LogP contribution in [0.3, 0.4) is 0 Å². The Labute approximate surface area is 158 Å². The van der Waals surface area contributed by atoms with Crippen LogP contribution < -0.4 is 5.32 Å². The second kappa shape index (κ2) is 8.17. The molecular formula is C20H25FN4O2. The number of benzene rings is 1. The van der Waals surface area contributed by atoms with Gasteiger partial charge in [0.05, 0.1) is 6.54 Å². The number of rotatable bonds is 5. The van der Waals surface area contributed by atoms with Gasteiger partial charge in [0.25, 0.3) is 0 Å². The van der Waals surface area contributed by atoms with Gasteiger partial charge in [0.2, 0.25) is 17.7 Å². The van der Waals surface area contributed by atoms with Crippen molar-refractivity contribution in [2.45, 2.75) is 50.5 Å². The minimum atomic E-state index is -0.289. The first kappa shape index (κ1) is 18.1. The number of hydrogen-bond donors (Lipinski definition) is 1. The molecule has 0 bridgehead atoms. The highest BCUT2D eigenvalue weighted by Crippen LogP contribution is 2.29. The molecule has 4 rings (SSSR count). The Bertz CT molecular complexity index is 763. The number of carbonyl (C=O) groups excluding carboxylic acids is 1. The number of nitrogens with zero attached hydrogens (tertiary/aromatic N) is 3. The number of piperidine rings is 1. The van der Waals surface area contributed by atoms with E-state index >= 15 is 0 Å².